The molecular weight excluding hydrogens is 412 g/mol. The molecule has 0 bridgehead atoms. The van der Waals surface area contributed by atoms with Crippen molar-refractivity contribution >= 4 is 29.1 Å². The third-order valence-corrected chi connectivity index (χ3v) is 5.10. The zero-order chi connectivity index (χ0) is 20.6. The zero-order valence-electron chi connectivity index (χ0n) is 15.6. The number of ether oxygens (including phenoxy) is 1. The first-order chi connectivity index (χ1) is 14.0. The van der Waals surface area contributed by atoms with Crippen LogP contribution >= 0.6 is 23.2 Å². The van der Waals surface area contributed by atoms with Crippen LogP contribution in [-0.2, 0) is 24.4 Å². The zero-order valence-corrected chi connectivity index (χ0v) is 17.1. The summed E-state index contributed by atoms with van der Waals surface area (Å²) in [7, 11) is 0. The predicted octanol–water partition coefficient (Wildman–Crippen LogP) is 5.96. The number of aryl methyl sites for hydroxylation is 1. The van der Waals surface area contributed by atoms with Crippen LogP contribution in [-0.4, -0.2) is 5.91 Å². The molecule has 3 aromatic carbocycles. The average Bonchev–Trinajstić information content (AvgIpc) is 2.73. The van der Waals surface area contributed by atoms with E-state index in [2.05, 4.69) is 5.32 Å². The highest BCUT2D eigenvalue weighted by molar-refractivity contribution is 6.42. The van der Waals surface area contributed by atoms with Crippen molar-refractivity contribution < 1.29 is 13.9 Å². The Labute approximate surface area is 179 Å². The summed E-state index contributed by atoms with van der Waals surface area (Å²) in [5.74, 6) is 0.411. The van der Waals surface area contributed by atoms with Crippen LogP contribution in [0.25, 0.3) is 0 Å². The summed E-state index contributed by atoms with van der Waals surface area (Å²) in [6.45, 7) is 0.809. The number of nitrogens with one attached hydrogen (secondary N) is 1. The number of halogens is 3. The lowest BCUT2D eigenvalue weighted by molar-refractivity contribution is -0.121. The van der Waals surface area contributed by atoms with E-state index in [0.29, 0.717) is 41.8 Å². The van der Waals surface area contributed by atoms with E-state index in [1.165, 1.54) is 12.1 Å². The number of carbonyl (C=O) groups is 1. The van der Waals surface area contributed by atoms with Gasteiger partial charge in [0.05, 0.1) is 10.0 Å². The van der Waals surface area contributed by atoms with Crippen molar-refractivity contribution in [1.29, 1.82) is 0 Å². The van der Waals surface area contributed by atoms with Crippen LogP contribution in [0.1, 0.15) is 23.1 Å². The highest BCUT2D eigenvalue weighted by Gasteiger charge is 2.05. The van der Waals surface area contributed by atoms with Gasteiger partial charge in [0.25, 0.3) is 0 Å². The Morgan fingerprint density at radius 3 is 2.21 bits per heavy atom. The van der Waals surface area contributed by atoms with Crippen molar-refractivity contribution in [2.75, 3.05) is 0 Å². The SMILES string of the molecule is O=C(CCc1ccc(Cl)c(Cl)c1)NCc1ccc(OCc2ccc(F)cc2)cc1. The molecule has 0 atom stereocenters. The van der Waals surface area contributed by atoms with Gasteiger partial charge in [-0.1, -0.05) is 53.5 Å². The van der Waals surface area contributed by atoms with Crippen LogP contribution in [0.3, 0.4) is 0 Å². The first-order valence-corrected chi connectivity index (χ1v) is 9.92. The maximum atomic E-state index is 12.9. The Balaban J connectivity index is 1.41. The van der Waals surface area contributed by atoms with Crippen molar-refractivity contribution in [3.63, 3.8) is 0 Å². The number of carbonyl (C=O) groups excluding carboxylic acids is 1. The summed E-state index contributed by atoms with van der Waals surface area (Å²) >= 11 is 11.9. The molecule has 1 N–H and O–H groups in total. The number of rotatable bonds is 8. The van der Waals surface area contributed by atoms with Gasteiger partial charge in [-0.25, -0.2) is 4.39 Å². The van der Waals surface area contributed by atoms with Gasteiger partial charge in [0.1, 0.15) is 18.2 Å². The molecule has 0 saturated carbocycles. The fraction of sp³-hybridized carbons (Fsp3) is 0.174. The molecule has 0 aliphatic rings. The fourth-order valence-electron chi connectivity index (χ4n) is 2.69. The number of hydrogen-bond donors (Lipinski definition) is 1. The van der Waals surface area contributed by atoms with E-state index < -0.39 is 0 Å². The van der Waals surface area contributed by atoms with Crippen molar-refractivity contribution in [3.8, 4) is 5.75 Å². The van der Waals surface area contributed by atoms with Crippen LogP contribution < -0.4 is 10.1 Å². The number of hydrogen-bond acceptors (Lipinski definition) is 2. The average molecular weight is 432 g/mol. The van der Waals surface area contributed by atoms with Gasteiger partial charge in [0.15, 0.2) is 0 Å². The molecule has 0 aliphatic carbocycles. The second-order valence-electron chi connectivity index (χ2n) is 6.58. The fourth-order valence-corrected chi connectivity index (χ4v) is 3.01. The smallest absolute Gasteiger partial charge is 0.220 e. The normalized spacial score (nSPS) is 10.6. The molecule has 6 heteroatoms. The van der Waals surface area contributed by atoms with Gasteiger partial charge in [-0.15, -0.1) is 0 Å². The van der Waals surface area contributed by atoms with Gasteiger partial charge in [-0.2, -0.15) is 0 Å². The summed E-state index contributed by atoms with van der Waals surface area (Å²) in [6, 6.07) is 19.1. The molecule has 0 heterocycles. The van der Waals surface area contributed by atoms with E-state index >= 15 is 0 Å². The highest BCUT2D eigenvalue weighted by atomic mass is 35.5. The Bertz CT molecular complexity index is 960. The molecule has 0 aromatic heterocycles. The minimum Gasteiger partial charge on any atom is -0.489 e. The first-order valence-electron chi connectivity index (χ1n) is 9.16. The van der Waals surface area contributed by atoms with Crippen LogP contribution in [0.4, 0.5) is 4.39 Å². The molecule has 3 aromatic rings. The van der Waals surface area contributed by atoms with Crippen LogP contribution in [0.15, 0.2) is 66.7 Å². The van der Waals surface area contributed by atoms with Gasteiger partial charge in [-0.05, 0) is 59.5 Å². The molecule has 0 saturated heterocycles. The highest BCUT2D eigenvalue weighted by Crippen LogP contribution is 2.23. The Morgan fingerprint density at radius 1 is 0.862 bits per heavy atom. The third kappa shape index (κ3) is 6.77. The van der Waals surface area contributed by atoms with E-state index in [1.807, 2.05) is 30.3 Å². The number of benzene rings is 3. The molecule has 3 rings (SSSR count). The van der Waals surface area contributed by atoms with Crippen molar-refractivity contribution in [1.82, 2.24) is 5.32 Å². The van der Waals surface area contributed by atoms with Gasteiger partial charge < -0.3 is 10.1 Å². The van der Waals surface area contributed by atoms with Crippen molar-refractivity contribution in [2.45, 2.75) is 26.0 Å². The van der Waals surface area contributed by atoms with E-state index in [0.717, 1.165) is 16.7 Å². The molecule has 3 nitrogen and oxygen atoms in total. The standard InChI is InChI=1S/C23H20Cl2FNO2/c24-21-11-5-16(13-22(21)25)6-12-23(28)27-14-17-3-9-20(10-4-17)29-15-18-1-7-19(26)8-2-18/h1-5,7-11,13H,6,12,14-15H2,(H,27,28). The Morgan fingerprint density at radius 2 is 1.52 bits per heavy atom. The maximum Gasteiger partial charge on any atom is 0.220 e. The van der Waals surface area contributed by atoms with Crippen LogP contribution in [0, 0.1) is 5.82 Å². The molecule has 150 valence electrons. The summed E-state index contributed by atoms with van der Waals surface area (Å²) in [5, 5.41) is 3.90. The van der Waals surface area contributed by atoms with E-state index in [4.69, 9.17) is 27.9 Å². The molecule has 0 aliphatic heterocycles. The maximum absolute atomic E-state index is 12.9. The van der Waals surface area contributed by atoms with Crippen molar-refractivity contribution in [3.05, 3.63) is 99.3 Å². The minimum atomic E-state index is -0.267. The van der Waals surface area contributed by atoms with Gasteiger partial charge in [0.2, 0.25) is 5.91 Å². The van der Waals surface area contributed by atoms with E-state index in [-0.39, 0.29) is 11.7 Å². The molecular formula is C23H20Cl2FNO2. The summed E-state index contributed by atoms with van der Waals surface area (Å²) in [5.41, 5.74) is 2.84. The Hall–Kier alpha value is -2.56. The van der Waals surface area contributed by atoms with E-state index in [9.17, 15) is 9.18 Å². The second-order valence-corrected chi connectivity index (χ2v) is 7.40. The van der Waals surface area contributed by atoms with Gasteiger partial charge >= 0.3 is 0 Å². The Kier molecular flexibility index (Phi) is 7.50. The molecule has 1 amide bonds. The molecule has 0 fully saturated rings. The lowest BCUT2D eigenvalue weighted by Gasteiger charge is -2.09. The lowest BCUT2D eigenvalue weighted by Crippen LogP contribution is -2.22. The molecule has 29 heavy (non-hydrogen) atoms. The molecule has 0 spiro atoms. The van der Waals surface area contributed by atoms with Crippen molar-refractivity contribution in [2.24, 2.45) is 0 Å². The molecule has 0 radical (unpaired) electrons. The predicted molar refractivity (Wildman–Crippen MR) is 114 cm³/mol. The number of amides is 1. The minimum absolute atomic E-state index is 0.0345. The van der Waals surface area contributed by atoms with Gasteiger partial charge in [-0.3, -0.25) is 4.79 Å². The quantitative estimate of drug-likeness (QED) is 0.477. The topological polar surface area (TPSA) is 38.3 Å². The lowest BCUT2D eigenvalue weighted by atomic mass is 10.1. The third-order valence-electron chi connectivity index (χ3n) is 4.36. The first kappa shape index (κ1) is 21.2. The summed E-state index contributed by atoms with van der Waals surface area (Å²) in [6.07, 6.45) is 0.968. The van der Waals surface area contributed by atoms with Gasteiger partial charge in [0, 0.05) is 13.0 Å². The van der Waals surface area contributed by atoms with Crippen LogP contribution in [0.5, 0.6) is 5.75 Å². The second kappa shape index (κ2) is 10.3. The summed E-state index contributed by atoms with van der Waals surface area (Å²) in [4.78, 5) is 12.1. The molecule has 0 unspecified atom stereocenters. The summed E-state index contributed by atoms with van der Waals surface area (Å²) < 4.78 is 18.6. The monoisotopic (exact) mass is 431 g/mol. The van der Waals surface area contributed by atoms with E-state index in [1.54, 1.807) is 24.3 Å². The largest absolute Gasteiger partial charge is 0.489 e. The van der Waals surface area contributed by atoms with Crippen LogP contribution in [0.2, 0.25) is 10.0 Å².